The number of aliphatic imine (C=N–C) groups is 1. The highest BCUT2D eigenvalue weighted by molar-refractivity contribution is 9.10. The lowest BCUT2D eigenvalue weighted by atomic mass is 9.80. The third-order valence-electron chi connectivity index (χ3n) is 4.17. The van der Waals surface area contributed by atoms with Crippen molar-refractivity contribution in [2.45, 2.75) is 38.1 Å². The van der Waals surface area contributed by atoms with Gasteiger partial charge < -0.3 is 14.9 Å². The molecule has 1 heterocycles. The average Bonchev–Trinajstić information content (AvgIpc) is 2.51. The average molecular weight is 384 g/mol. The lowest BCUT2D eigenvalue weighted by Crippen LogP contribution is -2.60. The summed E-state index contributed by atoms with van der Waals surface area (Å²) in [5.74, 6) is -2.64. The number of aliphatic carboxylic acids is 2. The molecule has 1 atom stereocenters. The Labute approximate surface area is 142 Å². The number of rotatable bonds is 5. The van der Waals surface area contributed by atoms with Gasteiger partial charge in [-0.2, -0.15) is 0 Å². The number of carboxylic acid groups (broad SMARTS) is 2. The van der Waals surface area contributed by atoms with Crippen molar-refractivity contribution in [2.75, 3.05) is 0 Å². The van der Waals surface area contributed by atoms with Gasteiger partial charge in [0, 0.05) is 0 Å². The molecule has 0 saturated carbocycles. The molecule has 0 fully saturated rings. The number of benzene rings is 1. The molecule has 0 spiro atoms. The van der Waals surface area contributed by atoms with Crippen LogP contribution in [0.4, 0.5) is 5.69 Å². The summed E-state index contributed by atoms with van der Waals surface area (Å²) in [6, 6.07) is 5.34. The van der Waals surface area contributed by atoms with Crippen molar-refractivity contribution in [1.29, 1.82) is 0 Å². The number of halogens is 1. The van der Waals surface area contributed by atoms with Crippen molar-refractivity contribution in [3.8, 4) is 5.75 Å². The molecule has 0 bridgehead atoms. The predicted octanol–water partition coefficient (Wildman–Crippen LogP) is 3.39. The first kappa shape index (κ1) is 17.5. The molecule has 124 valence electrons. The van der Waals surface area contributed by atoms with Gasteiger partial charge in [-0.3, -0.25) is 9.59 Å². The van der Waals surface area contributed by atoms with Gasteiger partial charge in [-0.1, -0.05) is 26.0 Å². The zero-order valence-electron chi connectivity index (χ0n) is 13.1. The fourth-order valence-electron chi connectivity index (χ4n) is 2.54. The highest BCUT2D eigenvalue weighted by atomic mass is 79.9. The van der Waals surface area contributed by atoms with E-state index in [1.54, 1.807) is 19.1 Å². The van der Waals surface area contributed by atoms with Gasteiger partial charge in [-0.25, -0.2) is 4.99 Å². The second kappa shape index (κ2) is 5.96. The van der Waals surface area contributed by atoms with Crippen LogP contribution in [-0.2, 0) is 16.0 Å². The minimum atomic E-state index is -2.23. The van der Waals surface area contributed by atoms with E-state index in [1.165, 1.54) is 0 Å². The Bertz CT molecular complexity index is 686. The summed E-state index contributed by atoms with van der Waals surface area (Å²) in [7, 11) is 0. The third-order valence-corrected chi connectivity index (χ3v) is 5.58. The number of hydrogen-bond donors (Lipinski definition) is 2. The molecule has 1 aromatic carbocycles. The molecular weight excluding hydrogens is 366 g/mol. The second-order valence-corrected chi connectivity index (χ2v) is 6.58. The van der Waals surface area contributed by atoms with Gasteiger partial charge in [0.25, 0.3) is 0 Å². The zero-order valence-corrected chi connectivity index (χ0v) is 14.7. The lowest BCUT2D eigenvalue weighted by molar-refractivity contribution is -0.169. The molecule has 1 aliphatic heterocycles. The normalized spacial score (nSPS) is 20.3. The molecule has 0 saturated heterocycles. The van der Waals surface area contributed by atoms with Crippen LogP contribution in [0.3, 0.4) is 0 Å². The van der Waals surface area contributed by atoms with Crippen LogP contribution in [0.1, 0.15) is 32.8 Å². The molecule has 2 rings (SSSR count). The molecular formula is C16H18BrNO5. The summed E-state index contributed by atoms with van der Waals surface area (Å²) in [5, 5.41) is 19.1. The number of nitrogens with zero attached hydrogens (tertiary/aromatic N) is 1. The Morgan fingerprint density at radius 2 is 1.87 bits per heavy atom. The van der Waals surface area contributed by atoms with E-state index >= 15 is 0 Å². The van der Waals surface area contributed by atoms with Crippen LogP contribution in [0, 0.1) is 5.41 Å². The van der Waals surface area contributed by atoms with E-state index in [4.69, 9.17) is 4.74 Å². The third kappa shape index (κ3) is 2.43. The molecule has 7 heteroatoms. The fourth-order valence-corrected chi connectivity index (χ4v) is 3.43. The highest BCUT2D eigenvalue weighted by Crippen LogP contribution is 2.49. The van der Waals surface area contributed by atoms with Crippen molar-refractivity contribution < 1.29 is 24.5 Å². The Balaban J connectivity index is 2.71. The summed E-state index contributed by atoms with van der Waals surface area (Å²) >= 11 is 3.25. The maximum absolute atomic E-state index is 11.7. The van der Waals surface area contributed by atoms with E-state index in [-0.39, 0.29) is 0 Å². The maximum atomic E-state index is 11.7. The fraction of sp³-hybridized carbons (Fsp3) is 0.438. The molecule has 1 unspecified atom stereocenters. The van der Waals surface area contributed by atoms with E-state index in [0.717, 1.165) is 18.9 Å². The van der Waals surface area contributed by atoms with Gasteiger partial charge >= 0.3 is 11.9 Å². The SMILES string of the molecule is CCC1=Nc2c(CC)cccc2OC1(Br)C(C)(C(=O)O)C(=O)O. The van der Waals surface area contributed by atoms with E-state index < -0.39 is 21.9 Å². The number of hydrogen-bond acceptors (Lipinski definition) is 4. The number of alkyl halides is 1. The second-order valence-electron chi connectivity index (χ2n) is 5.46. The van der Waals surface area contributed by atoms with Crippen molar-refractivity contribution >= 4 is 39.3 Å². The summed E-state index contributed by atoms with van der Waals surface area (Å²) in [6.45, 7) is 4.87. The minimum Gasteiger partial charge on any atom is -0.480 e. The first-order valence-electron chi connectivity index (χ1n) is 7.27. The van der Waals surface area contributed by atoms with Gasteiger partial charge in [0.2, 0.25) is 9.93 Å². The van der Waals surface area contributed by atoms with E-state index in [0.29, 0.717) is 23.6 Å². The van der Waals surface area contributed by atoms with Crippen molar-refractivity contribution in [3.63, 3.8) is 0 Å². The minimum absolute atomic E-state index is 0.332. The molecule has 0 aliphatic carbocycles. The Morgan fingerprint density at radius 1 is 1.26 bits per heavy atom. The monoisotopic (exact) mass is 383 g/mol. The Kier molecular flexibility index (Phi) is 4.52. The quantitative estimate of drug-likeness (QED) is 0.599. The van der Waals surface area contributed by atoms with Crippen LogP contribution < -0.4 is 4.74 Å². The van der Waals surface area contributed by atoms with Gasteiger partial charge in [-0.05, 0) is 47.3 Å². The predicted molar refractivity (Wildman–Crippen MR) is 88.9 cm³/mol. The summed E-state index contributed by atoms with van der Waals surface area (Å²) in [5.41, 5.74) is -0.324. The van der Waals surface area contributed by atoms with E-state index in [1.807, 2.05) is 13.0 Å². The molecule has 0 amide bonds. The first-order valence-corrected chi connectivity index (χ1v) is 8.06. The van der Waals surface area contributed by atoms with Crippen molar-refractivity contribution in [3.05, 3.63) is 23.8 Å². The van der Waals surface area contributed by atoms with E-state index in [9.17, 15) is 19.8 Å². The smallest absolute Gasteiger partial charge is 0.326 e. The van der Waals surface area contributed by atoms with Crippen LogP contribution in [0.5, 0.6) is 5.75 Å². The topological polar surface area (TPSA) is 96.2 Å². The highest BCUT2D eigenvalue weighted by Gasteiger charge is 2.64. The number of fused-ring (bicyclic) bond motifs is 1. The van der Waals surface area contributed by atoms with Crippen molar-refractivity contribution in [2.24, 2.45) is 10.4 Å². The van der Waals surface area contributed by atoms with Crippen molar-refractivity contribution in [1.82, 2.24) is 0 Å². The van der Waals surface area contributed by atoms with Gasteiger partial charge in [-0.15, -0.1) is 0 Å². The number of ether oxygens (including phenoxy) is 1. The van der Waals surface area contributed by atoms with Crippen LogP contribution >= 0.6 is 15.9 Å². The molecule has 1 aromatic rings. The Morgan fingerprint density at radius 3 is 2.35 bits per heavy atom. The lowest BCUT2D eigenvalue weighted by Gasteiger charge is -2.41. The molecule has 23 heavy (non-hydrogen) atoms. The number of carbonyl (C=O) groups is 2. The van der Waals surface area contributed by atoms with Gasteiger partial charge in [0.15, 0.2) is 0 Å². The van der Waals surface area contributed by atoms with Crippen LogP contribution in [0.2, 0.25) is 0 Å². The molecule has 2 N–H and O–H groups in total. The first-order chi connectivity index (χ1) is 10.7. The summed E-state index contributed by atoms with van der Waals surface area (Å²) in [6.07, 6.45) is 1.08. The van der Waals surface area contributed by atoms with Crippen LogP contribution in [-0.4, -0.2) is 32.4 Å². The Hall–Kier alpha value is -1.89. The molecule has 0 radical (unpaired) electrons. The van der Waals surface area contributed by atoms with E-state index in [2.05, 4.69) is 20.9 Å². The van der Waals surface area contributed by atoms with Crippen LogP contribution in [0.25, 0.3) is 0 Å². The largest absolute Gasteiger partial charge is 0.480 e. The molecule has 1 aliphatic rings. The van der Waals surface area contributed by atoms with Gasteiger partial charge in [0.1, 0.15) is 11.4 Å². The van der Waals surface area contributed by atoms with Crippen LogP contribution in [0.15, 0.2) is 23.2 Å². The number of aryl methyl sites for hydroxylation is 1. The molecule has 0 aromatic heterocycles. The van der Waals surface area contributed by atoms with Gasteiger partial charge in [0.05, 0.1) is 5.71 Å². The maximum Gasteiger partial charge on any atom is 0.326 e. The zero-order chi connectivity index (χ0) is 17.4. The summed E-state index contributed by atoms with van der Waals surface area (Å²) in [4.78, 5) is 28.0. The number of carboxylic acids is 2. The standard InChI is InChI=1S/C16H18BrNO5/c1-4-9-7-6-8-10-12(9)18-11(5-2)16(17,23-10)15(3,13(19)20)14(21)22/h6-8H,4-5H2,1-3H3,(H,19,20)(H,21,22). The number of para-hydroxylation sites is 1. The molecule has 6 nitrogen and oxygen atoms in total. The summed E-state index contributed by atoms with van der Waals surface area (Å²) < 4.78 is 4.12.